The second kappa shape index (κ2) is 2.86. The molecule has 0 saturated carbocycles. The molecule has 1 radical (unpaired) electrons. The molecule has 59 valence electrons. The van der Waals surface area contributed by atoms with Gasteiger partial charge in [0.15, 0.2) is 0 Å². The quantitative estimate of drug-likeness (QED) is 0.653. The average Bonchev–Trinajstić information content (AvgIpc) is 2.56. The summed E-state index contributed by atoms with van der Waals surface area (Å²) in [7, 11) is 0. The van der Waals surface area contributed by atoms with Crippen molar-refractivity contribution < 1.29 is 0 Å². The van der Waals surface area contributed by atoms with Crippen molar-refractivity contribution in [3.05, 3.63) is 55.1 Å². The Labute approximate surface area is 72.1 Å². The van der Waals surface area contributed by atoms with E-state index in [1.807, 2.05) is 24.4 Å². The third kappa shape index (κ3) is 1.26. The Morgan fingerprint density at radius 1 is 1.08 bits per heavy atom. The molecule has 0 fully saturated rings. The van der Waals surface area contributed by atoms with Crippen LogP contribution in [-0.4, -0.2) is 4.98 Å². The second-order valence-electron chi connectivity index (χ2n) is 2.78. The largest absolute Gasteiger partial charge is 0.361 e. The number of nitrogens with one attached hydrogen (secondary N) is 1. The minimum Gasteiger partial charge on any atom is -0.361 e. The molecule has 0 atom stereocenters. The Kier molecular flexibility index (Phi) is 1.71. The van der Waals surface area contributed by atoms with E-state index in [4.69, 9.17) is 0 Å². The molecule has 2 rings (SSSR count). The first-order valence-corrected chi connectivity index (χ1v) is 3.92. The van der Waals surface area contributed by atoms with Gasteiger partial charge >= 0.3 is 0 Å². The zero-order chi connectivity index (χ0) is 8.39. The maximum absolute atomic E-state index is 3.88. The Balaban J connectivity index is 2.48. The van der Waals surface area contributed by atoms with Crippen molar-refractivity contribution in [2.75, 3.05) is 0 Å². The summed E-state index contributed by atoms with van der Waals surface area (Å²) in [6.45, 7) is 3.88. The van der Waals surface area contributed by atoms with Gasteiger partial charge in [0, 0.05) is 11.9 Å². The van der Waals surface area contributed by atoms with Gasteiger partial charge in [-0.05, 0) is 36.2 Å². The standard InChI is InChI=1S/C11H10N/c1-9-4-2-5-10(8-9)11-6-3-7-12-11/h2-8,12H,1H2. The van der Waals surface area contributed by atoms with Crippen molar-refractivity contribution in [2.45, 2.75) is 0 Å². The smallest absolute Gasteiger partial charge is 0.0453 e. The third-order valence-electron chi connectivity index (χ3n) is 1.84. The van der Waals surface area contributed by atoms with Gasteiger partial charge in [0.05, 0.1) is 0 Å². The molecule has 0 amide bonds. The van der Waals surface area contributed by atoms with Crippen LogP contribution in [0.3, 0.4) is 0 Å². The van der Waals surface area contributed by atoms with Crippen LogP contribution in [0.5, 0.6) is 0 Å². The van der Waals surface area contributed by atoms with Crippen LogP contribution in [0.25, 0.3) is 11.3 Å². The van der Waals surface area contributed by atoms with E-state index in [9.17, 15) is 0 Å². The monoisotopic (exact) mass is 156 g/mol. The lowest BCUT2D eigenvalue weighted by molar-refractivity contribution is 1.40. The van der Waals surface area contributed by atoms with E-state index in [1.54, 1.807) is 0 Å². The molecule has 1 aromatic heterocycles. The molecule has 1 aromatic carbocycles. The highest BCUT2D eigenvalue weighted by molar-refractivity contribution is 5.60. The van der Waals surface area contributed by atoms with E-state index >= 15 is 0 Å². The number of rotatable bonds is 1. The Hall–Kier alpha value is -1.50. The first-order chi connectivity index (χ1) is 5.86. The summed E-state index contributed by atoms with van der Waals surface area (Å²) < 4.78 is 0. The molecule has 12 heavy (non-hydrogen) atoms. The van der Waals surface area contributed by atoms with E-state index in [-0.39, 0.29) is 0 Å². The van der Waals surface area contributed by atoms with Crippen LogP contribution in [0.2, 0.25) is 0 Å². The van der Waals surface area contributed by atoms with Crippen LogP contribution in [-0.2, 0) is 0 Å². The third-order valence-corrected chi connectivity index (χ3v) is 1.84. The summed E-state index contributed by atoms with van der Waals surface area (Å²) in [5, 5.41) is 0. The minimum absolute atomic E-state index is 1.04. The van der Waals surface area contributed by atoms with Gasteiger partial charge in [-0.2, -0.15) is 0 Å². The number of aromatic amines is 1. The molecule has 0 aliphatic rings. The maximum Gasteiger partial charge on any atom is 0.0453 e. The van der Waals surface area contributed by atoms with E-state index < -0.39 is 0 Å². The van der Waals surface area contributed by atoms with E-state index in [0.717, 1.165) is 11.3 Å². The van der Waals surface area contributed by atoms with E-state index in [2.05, 4.69) is 30.1 Å². The summed E-state index contributed by atoms with van der Waals surface area (Å²) >= 11 is 0. The first-order valence-electron chi connectivity index (χ1n) is 3.92. The summed E-state index contributed by atoms with van der Waals surface area (Å²) in [5.41, 5.74) is 3.37. The van der Waals surface area contributed by atoms with Gasteiger partial charge in [0.2, 0.25) is 0 Å². The van der Waals surface area contributed by atoms with Gasteiger partial charge in [-0.25, -0.2) is 0 Å². The lowest BCUT2D eigenvalue weighted by atomic mass is 10.1. The van der Waals surface area contributed by atoms with Gasteiger partial charge in [-0.1, -0.05) is 18.2 Å². The molecule has 0 unspecified atom stereocenters. The first kappa shape index (κ1) is 7.17. The van der Waals surface area contributed by atoms with Crippen LogP contribution in [0.4, 0.5) is 0 Å². The minimum atomic E-state index is 1.04. The molecular formula is C11H10N. The van der Waals surface area contributed by atoms with Crippen LogP contribution in [0.1, 0.15) is 5.56 Å². The van der Waals surface area contributed by atoms with Crippen molar-refractivity contribution in [3.63, 3.8) is 0 Å². The van der Waals surface area contributed by atoms with Crippen LogP contribution < -0.4 is 0 Å². The molecule has 1 heterocycles. The lowest BCUT2D eigenvalue weighted by Gasteiger charge is -1.98. The van der Waals surface area contributed by atoms with Crippen LogP contribution in [0.15, 0.2) is 42.6 Å². The van der Waals surface area contributed by atoms with Gasteiger partial charge in [-0.15, -0.1) is 0 Å². The van der Waals surface area contributed by atoms with Crippen LogP contribution >= 0.6 is 0 Å². The predicted octanol–water partition coefficient (Wildman–Crippen LogP) is 2.86. The topological polar surface area (TPSA) is 15.8 Å². The normalized spacial score (nSPS) is 10.1. The fourth-order valence-corrected chi connectivity index (χ4v) is 1.25. The predicted molar refractivity (Wildman–Crippen MR) is 50.7 cm³/mol. The molecule has 1 nitrogen and oxygen atoms in total. The maximum atomic E-state index is 3.88. The Morgan fingerprint density at radius 3 is 2.67 bits per heavy atom. The van der Waals surface area contributed by atoms with Gasteiger partial charge in [0.25, 0.3) is 0 Å². The van der Waals surface area contributed by atoms with Crippen molar-refractivity contribution in [1.29, 1.82) is 0 Å². The summed E-state index contributed by atoms with van der Waals surface area (Å²) in [6.07, 6.45) is 1.92. The van der Waals surface area contributed by atoms with Crippen LogP contribution in [0, 0.1) is 6.92 Å². The van der Waals surface area contributed by atoms with Crippen molar-refractivity contribution in [1.82, 2.24) is 4.98 Å². The number of aromatic nitrogens is 1. The number of H-pyrrole nitrogens is 1. The summed E-state index contributed by atoms with van der Waals surface area (Å²) in [6, 6.07) is 12.2. The molecule has 2 aromatic rings. The highest BCUT2D eigenvalue weighted by Gasteiger charge is 1.95. The number of hydrogen-bond acceptors (Lipinski definition) is 0. The lowest BCUT2D eigenvalue weighted by Crippen LogP contribution is -1.77. The van der Waals surface area contributed by atoms with Gasteiger partial charge in [0.1, 0.15) is 0 Å². The SMILES string of the molecule is [CH2]c1cccc(-c2ccc[nH]2)c1. The Bertz CT molecular complexity index is 360. The summed E-state index contributed by atoms with van der Waals surface area (Å²) in [4.78, 5) is 3.15. The van der Waals surface area contributed by atoms with E-state index in [0.29, 0.717) is 0 Å². The highest BCUT2D eigenvalue weighted by Crippen LogP contribution is 2.17. The molecule has 0 aliphatic carbocycles. The fourth-order valence-electron chi connectivity index (χ4n) is 1.25. The fraction of sp³-hybridized carbons (Fsp3) is 0. The van der Waals surface area contributed by atoms with Gasteiger partial charge in [-0.3, -0.25) is 0 Å². The number of hydrogen-bond donors (Lipinski definition) is 1. The van der Waals surface area contributed by atoms with Crippen molar-refractivity contribution >= 4 is 0 Å². The highest BCUT2D eigenvalue weighted by atomic mass is 14.7. The summed E-state index contributed by atoms with van der Waals surface area (Å²) in [5.74, 6) is 0. The molecular weight excluding hydrogens is 146 g/mol. The number of benzene rings is 1. The molecule has 0 spiro atoms. The molecule has 0 bridgehead atoms. The van der Waals surface area contributed by atoms with Crippen molar-refractivity contribution in [3.8, 4) is 11.3 Å². The zero-order valence-corrected chi connectivity index (χ0v) is 6.75. The average molecular weight is 156 g/mol. The van der Waals surface area contributed by atoms with Crippen molar-refractivity contribution in [2.24, 2.45) is 0 Å². The molecule has 0 saturated heterocycles. The second-order valence-corrected chi connectivity index (χ2v) is 2.78. The van der Waals surface area contributed by atoms with E-state index in [1.165, 1.54) is 5.56 Å². The Morgan fingerprint density at radius 2 is 2.00 bits per heavy atom. The molecule has 1 N–H and O–H groups in total. The zero-order valence-electron chi connectivity index (χ0n) is 6.75. The molecule has 1 heteroatoms. The molecule has 0 aliphatic heterocycles. The van der Waals surface area contributed by atoms with Gasteiger partial charge < -0.3 is 4.98 Å².